The fraction of sp³-hybridized carbons (Fsp3) is 0.133. The van der Waals surface area contributed by atoms with Crippen molar-refractivity contribution in [2.45, 2.75) is 6.54 Å². The fourth-order valence-corrected chi connectivity index (χ4v) is 2.45. The Bertz CT molecular complexity index is 754. The summed E-state index contributed by atoms with van der Waals surface area (Å²) >= 11 is 3.55. The van der Waals surface area contributed by atoms with Crippen molar-refractivity contribution in [1.82, 2.24) is 4.98 Å². The highest BCUT2D eigenvalue weighted by Crippen LogP contribution is 2.25. The van der Waals surface area contributed by atoms with Crippen molar-refractivity contribution < 1.29 is 4.42 Å². The van der Waals surface area contributed by atoms with E-state index in [0.29, 0.717) is 23.8 Å². The molecule has 0 unspecified atom stereocenters. The van der Waals surface area contributed by atoms with Crippen LogP contribution in [-0.2, 0) is 6.54 Å². The third-order valence-electron chi connectivity index (χ3n) is 3.09. The number of rotatable bonds is 3. The van der Waals surface area contributed by atoms with Crippen LogP contribution in [0.2, 0.25) is 0 Å². The van der Waals surface area contributed by atoms with E-state index in [-0.39, 0.29) is 0 Å². The topological polar surface area (TPSA) is 55.3 Å². The largest absolute Gasteiger partial charge is 0.423 e. The van der Waals surface area contributed by atoms with Crippen LogP contribution in [0, 0.1) is 0 Å². The maximum Gasteiger partial charge on any atom is 0.298 e. The van der Waals surface area contributed by atoms with Gasteiger partial charge in [0.05, 0.1) is 0 Å². The summed E-state index contributed by atoms with van der Waals surface area (Å²) in [4.78, 5) is 6.44. The van der Waals surface area contributed by atoms with Gasteiger partial charge in [-0.15, -0.1) is 0 Å². The van der Waals surface area contributed by atoms with Gasteiger partial charge in [-0.05, 0) is 23.8 Å². The second-order valence-electron chi connectivity index (χ2n) is 4.67. The molecule has 2 aromatic carbocycles. The van der Waals surface area contributed by atoms with Crippen molar-refractivity contribution in [2.24, 2.45) is 0 Å². The van der Waals surface area contributed by atoms with Crippen molar-refractivity contribution in [1.29, 1.82) is 0 Å². The van der Waals surface area contributed by atoms with Crippen LogP contribution in [0.25, 0.3) is 11.1 Å². The molecule has 2 N–H and O–H groups in total. The van der Waals surface area contributed by atoms with Crippen LogP contribution in [0.5, 0.6) is 0 Å². The summed E-state index contributed by atoms with van der Waals surface area (Å²) in [5, 5.41) is 0. The Morgan fingerprint density at radius 1 is 1.25 bits per heavy atom. The van der Waals surface area contributed by atoms with Crippen LogP contribution in [0.4, 0.5) is 11.7 Å². The summed E-state index contributed by atoms with van der Waals surface area (Å²) < 4.78 is 6.82. The molecule has 102 valence electrons. The molecule has 3 aromatic rings. The Kier molecular flexibility index (Phi) is 3.36. The van der Waals surface area contributed by atoms with E-state index in [1.165, 1.54) is 5.56 Å². The summed E-state index contributed by atoms with van der Waals surface area (Å²) in [6, 6.07) is 14.2. The molecular formula is C15H14BrN3O. The van der Waals surface area contributed by atoms with Gasteiger partial charge in [0.1, 0.15) is 5.52 Å². The Labute approximate surface area is 125 Å². The average molecular weight is 332 g/mol. The van der Waals surface area contributed by atoms with Crippen molar-refractivity contribution >= 4 is 38.7 Å². The predicted octanol–water partition coefficient (Wildman–Crippen LogP) is 3.81. The van der Waals surface area contributed by atoms with Crippen molar-refractivity contribution in [3.63, 3.8) is 0 Å². The molecule has 0 fully saturated rings. The van der Waals surface area contributed by atoms with E-state index in [4.69, 9.17) is 10.2 Å². The lowest BCUT2D eigenvalue weighted by Crippen LogP contribution is -2.16. The van der Waals surface area contributed by atoms with Gasteiger partial charge in [0, 0.05) is 29.8 Å². The predicted molar refractivity (Wildman–Crippen MR) is 84.7 cm³/mol. The molecule has 3 rings (SSSR count). The minimum Gasteiger partial charge on any atom is -0.423 e. The smallest absolute Gasteiger partial charge is 0.298 e. The molecule has 4 nitrogen and oxygen atoms in total. The highest BCUT2D eigenvalue weighted by atomic mass is 79.9. The number of nitrogens with zero attached hydrogens (tertiary/aromatic N) is 2. The zero-order valence-corrected chi connectivity index (χ0v) is 12.6. The van der Waals surface area contributed by atoms with Crippen LogP contribution >= 0.6 is 15.9 Å². The van der Waals surface area contributed by atoms with E-state index >= 15 is 0 Å². The molecule has 1 aromatic heterocycles. The maximum atomic E-state index is 5.75. The molecule has 0 radical (unpaired) electrons. The minimum atomic E-state index is 0.585. The van der Waals surface area contributed by atoms with Gasteiger partial charge in [-0.25, -0.2) is 0 Å². The van der Waals surface area contributed by atoms with E-state index in [9.17, 15) is 0 Å². The van der Waals surface area contributed by atoms with Crippen LogP contribution < -0.4 is 10.6 Å². The lowest BCUT2D eigenvalue weighted by atomic mass is 10.2. The van der Waals surface area contributed by atoms with Gasteiger partial charge < -0.3 is 15.1 Å². The zero-order valence-electron chi connectivity index (χ0n) is 11.0. The van der Waals surface area contributed by atoms with Gasteiger partial charge in [0.25, 0.3) is 6.01 Å². The molecule has 0 bridgehead atoms. The average Bonchev–Trinajstić information content (AvgIpc) is 2.84. The summed E-state index contributed by atoms with van der Waals surface area (Å²) in [5.74, 6) is 0. The molecule has 20 heavy (non-hydrogen) atoms. The number of hydrogen-bond acceptors (Lipinski definition) is 4. The van der Waals surface area contributed by atoms with E-state index < -0.39 is 0 Å². The molecule has 0 saturated heterocycles. The van der Waals surface area contributed by atoms with Crippen LogP contribution in [0.15, 0.2) is 51.4 Å². The normalized spacial score (nSPS) is 10.9. The monoisotopic (exact) mass is 331 g/mol. The summed E-state index contributed by atoms with van der Waals surface area (Å²) in [6.07, 6.45) is 0. The molecular weight excluding hydrogens is 318 g/mol. The molecule has 0 amide bonds. The van der Waals surface area contributed by atoms with Gasteiger partial charge in [-0.3, -0.25) is 0 Å². The quantitative estimate of drug-likeness (QED) is 0.741. The number of nitrogens with two attached hydrogens (primary N) is 1. The first-order valence-electron chi connectivity index (χ1n) is 6.24. The fourth-order valence-electron chi connectivity index (χ4n) is 2.04. The van der Waals surface area contributed by atoms with Crippen molar-refractivity contribution in [3.05, 3.63) is 52.5 Å². The van der Waals surface area contributed by atoms with Crippen LogP contribution in [0.1, 0.15) is 5.56 Å². The van der Waals surface area contributed by atoms with Gasteiger partial charge in [0.15, 0.2) is 5.58 Å². The first-order valence-corrected chi connectivity index (χ1v) is 7.03. The Balaban J connectivity index is 1.89. The lowest BCUT2D eigenvalue weighted by Gasteiger charge is -2.15. The highest BCUT2D eigenvalue weighted by Gasteiger charge is 2.12. The summed E-state index contributed by atoms with van der Waals surface area (Å²) in [6.45, 7) is 0.712. The number of anilines is 2. The molecule has 1 heterocycles. The number of nitrogen functional groups attached to an aromatic ring is 1. The standard InChI is InChI=1S/C15H14BrN3O/c1-19(9-10-4-2-3-5-12(10)16)15-18-13-7-6-11(17)8-14(13)20-15/h2-8H,9,17H2,1H3. The van der Waals surface area contributed by atoms with E-state index in [2.05, 4.69) is 27.0 Å². The number of halogens is 1. The Hall–Kier alpha value is -2.01. The van der Waals surface area contributed by atoms with E-state index in [1.807, 2.05) is 42.3 Å². The maximum absolute atomic E-state index is 5.75. The minimum absolute atomic E-state index is 0.585. The van der Waals surface area contributed by atoms with E-state index in [0.717, 1.165) is 9.99 Å². The lowest BCUT2D eigenvalue weighted by molar-refractivity contribution is 0.582. The Morgan fingerprint density at radius 3 is 2.85 bits per heavy atom. The molecule has 0 aliphatic rings. The third-order valence-corrected chi connectivity index (χ3v) is 3.87. The second-order valence-corrected chi connectivity index (χ2v) is 5.53. The van der Waals surface area contributed by atoms with Crippen LogP contribution in [0.3, 0.4) is 0 Å². The van der Waals surface area contributed by atoms with Crippen molar-refractivity contribution in [3.8, 4) is 0 Å². The molecule has 0 aliphatic heterocycles. The summed E-state index contributed by atoms with van der Waals surface area (Å²) in [5.41, 5.74) is 9.12. The number of benzene rings is 2. The molecule has 0 aliphatic carbocycles. The Morgan fingerprint density at radius 2 is 2.05 bits per heavy atom. The number of oxazole rings is 1. The van der Waals surface area contributed by atoms with Gasteiger partial charge in [-0.2, -0.15) is 4.98 Å². The van der Waals surface area contributed by atoms with Crippen LogP contribution in [-0.4, -0.2) is 12.0 Å². The van der Waals surface area contributed by atoms with Gasteiger partial charge in [0.2, 0.25) is 0 Å². The second kappa shape index (κ2) is 5.17. The molecule has 0 saturated carbocycles. The van der Waals surface area contributed by atoms with E-state index in [1.54, 1.807) is 6.07 Å². The zero-order chi connectivity index (χ0) is 14.1. The number of fused-ring (bicyclic) bond motifs is 1. The SMILES string of the molecule is CN(Cc1ccccc1Br)c1nc2ccc(N)cc2o1. The highest BCUT2D eigenvalue weighted by molar-refractivity contribution is 9.10. The first kappa shape index (κ1) is 13.0. The van der Waals surface area contributed by atoms with Crippen molar-refractivity contribution in [2.75, 3.05) is 17.7 Å². The first-order chi connectivity index (χ1) is 9.63. The molecule has 5 heteroatoms. The van der Waals surface area contributed by atoms with Gasteiger partial charge >= 0.3 is 0 Å². The number of hydrogen-bond donors (Lipinski definition) is 1. The van der Waals surface area contributed by atoms with Gasteiger partial charge in [-0.1, -0.05) is 34.1 Å². The number of aromatic nitrogens is 1. The summed E-state index contributed by atoms with van der Waals surface area (Å²) in [7, 11) is 1.95. The third kappa shape index (κ3) is 2.49. The molecule has 0 atom stereocenters. The molecule has 0 spiro atoms.